The average molecular weight is 326 g/mol. The Morgan fingerprint density at radius 1 is 1.43 bits per heavy atom. The minimum atomic E-state index is -3.35. The van der Waals surface area contributed by atoms with Gasteiger partial charge in [0, 0.05) is 24.3 Å². The molecular formula is C12H14N4O3S2. The van der Waals surface area contributed by atoms with Gasteiger partial charge in [0.15, 0.2) is 5.13 Å². The molecule has 0 saturated heterocycles. The Hall–Kier alpha value is -2.00. The number of pyridine rings is 1. The number of hydrogen-bond donors (Lipinski definition) is 2. The lowest BCUT2D eigenvalue weighted by atomic mass is 10.2. The molecule has 0 aliphatic rings. The van der Waals surface area contributed by atoms with Gasteiger partial charge in [0.2, 0.25) is 15.9 Å². The number of anilines is 1. The zero-order valence-electron chi connectivity index (χ0n) is 11.2. The molecule has 0 aromatic carbocycles. The van der Waals surface area contributed by atoms with Crippen LogP contribution in [-0.4, -0.2) is 30.5 Å². The maximum absolute atomic E-state index is 11.8. The standard InChI is InChI=1S/C12H14N4O3S2/c1-21(18,19)16-12-15-10(8-20-12)5-11(17)14-7-9-3-2-4-13-6-9/h2-4,6,8H,5,7H2,1H3,(H,14,17)(H,15,16). The number of nitrogens with zero attached hydrogens (tertiary/aromatic N) is 2. The molecule has 0 aliphatic carbocycles. The van der Waals surface area contributed by atoms with Crippen LogP contribution in [0.4, 0.5) is 5.13 Å². The normalized spacial score (nSPS) is 11.1. The van der Waals surface area contributed by atoms with E-state index in [2.05, 4.69) is 20.0 Å². The lowest BCUT2D eigenvalue weighted by molar-refractivity contribution is -0.120. The van der Waals surface area contributed by atoms with Crippen molar-refractivity contribution < 1.29 is 13.2 Å². The Bertz CT molecular complexity index is 713. The highest BCUT2D eigenvalue weighted by atomic mass is 32.2. The maximum atomic E-state index is 11.8. The number of amides is 1. The molecule has 2 heterocycles. The number of carbonyl (C=O) groups excluding carboxylic acids is 1. The van der Waals surface area contributed by atoms with Gasteiger partial charge in [0.05, 0.1) is 18.4 Å². The van der Waals surface area contributed by atoms with E-state index in [1.165, 1.54) is 0 Å². The summed E-state index contributed by atoms with van der Waals surface area (Å²) in [5, 5.41) is 4.66. The van der Waals surface area contributed by atoms with Crippen molar-refractivity contribution in [3.8, 4) is 0 Å². The first-order valence-electron chi connectivity index (χ1n) is 6.00. The van der Waals surface area contributed by atoms with Crippen LogP contribution < -0.4 is 10.0 Å². The molecule has 0 unspecified atom stereocenters. The second kappa shape index (κ2) is 6.64. The lowest BCUT2D eigenvalue weighted by Gasteiger charge is -2.03. The molecule has 0 spiro atoms. The van der Waals surface area contributed by atoms with E-state index >= 15 is 0 Å². The van der Waals surface area contributed by atoms with Crippen molar-refractivity contribution in [2.24, 2.45) is 0 Å². The van der Waals surface area contributed by atoms with Gasteiger partial charge in [0.25, 0.3) is 0 Å². The number of hydrogen-bond acceptors (Lipinski definition) is 6. The van der Waals surface area contributed by atoms with E-state index in [1.807, 2.05) is 6.07 Å². The summed E-state index contributed by atoms with van der Waals surface area (Å²) in [6, 6.07) is 3.66. The SMILES string of the molecule is CS(=O)(=O)Nc1nc(CC(=O)NCc2cccnc2)cs1. The van der Waals surface area contributed by atoms with Crippen LogP contribution in [0, 0.1) is 0 Å². The van der Waals surface area contributed by atoms with Crippen LogP contribution in [0.15, 0.2) is 29.9 Å². The van der Waals surface area contributed by atoms with Crippen molar-refractivity contribution in [3.05, 3.63) is 41.2 Å². The van der Waals surface area contributed by atoms with Gasteiger partial charge in [-0.1, -0.05) is 6.07 Å². The fraction of sp³-hybridized carbons (Fsp3) is 0.250. The minimum Gasteiger partial charge on any atom is -0.352 e. The molecule has 0 aliphatic heterocycles. The molecule has 2 aromatic heterocycles. The van der Waals surface area contributed by atoms with Crippen molar-refractivity contribution >= 4 is 32.4 Å². The molecule has 2 N–H and O–H groups in total. The van der Waals surface area contributed by atoms with Gasteiger partial charge in [0.1, 0.15) is 0 Å². The third-order valence-electron chi connectivity index (χ3n) is 2.38. The fourth-order valence-corrected chi connectivity index (χ4v) is 3.09. The topological polar surface area (TPSA) is 101 Å². The average Bonchev–Trinajstić information content (AvgIpc) is 2.82. The summed E-state index contributed by atoms with van der Waals surface area (Å²) in [5.74, 6) is -0.185. The molecule has 0 fully saturated rings. The largest absolute Gasteiger partial charge is 0.352 e. The molecule has 9 heteroatoms. The van der Waals surface area contributed by atoms with E-state index in [1.54, 1.807) is 23.8 Å². The first kappa shape index (κ1) is 15.4. The Labute approximate surface area is 126 Å². The zero-order chi connectivity index (χ0) is 15.3. The van der Waals surface area contributed by atoms with Crippen LogP contribution in [0.1, 0.15) is 11.3 Å². The van der Waals surface area contributed by atoms with Crippen molar-refractivity contribution in [2.75, 3.05) is 11.0 Å². The number of aromatic nitrogens is 2. The van der Waals surface area contributed by atoms with Gasteiger partial charge in [-0.3, -0.25) is 14.5 Å². The summed E-state index contributed by atoms with van der Waals surface area (Å²) in [6.45, 7) is 0.394. The number of carbonyl (C=O) groups is 1. The molecular weight excluding hydrogens is 312 g/mol. The molecule has 0 saturated carbocycles. The molecule has 21 heavy (non-hydrogen) atoms. The molecule has 7 nitrogen and oxygen atoms in total. The Morgan fingerprint density at radius 3 is 2.90 bits per heavy atom. The first-order chi connectivity index (χ1) is 9.92. The highest BCUT2D eigenvalue weighted by Gasteiger charge is 2.10. The molecule has 0 bridgehead atoms. The zero-order valence-corrected chi connectivity index (χ0v) is 12.9. The molecule has 112 valence electrons. The van der Waals surface area contributed by atoms with Crippen LogP contribution in [0.5, 0.6) is 0 Å². The van der Waals surface area contributed by atoms with Crippen molar-refractivity contribution in [2.45, 2.75) is 13.0 Å². The minimum absolute atomic E-state index is 0.0994. The van der Waals surface area contributed by atoms with Crippen molar-refractivity contribution in [1.29, 1.82) is 0 Å². The highest BCUT2D eigenvalue weighted by molar-refractivity contribution is 7.92. The second-order valence-corrected chi connectivity index (χ2v) is 6.94. The molecule has 2 aromatic rings. The van der Waals surface area contributed by atoms with Gasteiger partial charge in [-0.15, -0.1) is 11.3 Å². The van der Waals surface area contributed by atoms with Gasteiger partial charge >= 0.3 is 0 Å². The van der Waals surface area contributed by atoms with E-state index in [0.717, 1.165) is 23.2 Å². The number of rotatable bonds is 6. The number of sulfonamides is 1. The fourth-order valence-electron chi connectivity index (χ4n) is 1.52. The van der Waals surface area contributed by atoms with Gasteiger partial charge in [-0.25, -0.2) is 13.4 Å². The van der Waals surface area contributed by atoms with Crippen LogP contribution in [0.2, 0.25) is 0 Å². The number of nitrogens with one attached hydrogen (secondary N) is 2. The molecule has 2 rings (SSSR count). The van der Waals surface area contributed by atoms with Crippen LogP contribution >= 0.6 is 11.3 Å². The van der Waals surface area contributed by atoms with E-state index in [0.29, 0.717) is 12.2 Å². The van der Waals surface area contributed by atoms with Crippen LogP contribution in [0.25, 0.3) is 0 Å². The monoisotopic (exact) mass is 326 g/mol. The summed E-state index contributed by atoms with van der Waals surface area (Å²) >= 11 is 1.14. The quantitative estimate of drug-likeness (QED) is 0.816. The predicted octanol–water partition coefficient (Wildman–Crippen LogP) is 0.768. The van der Waals surface area contributed by atoms with E-state index in [-0.39, 0.29) is 17.5 Å². The summed E-state index contributed by atoms with van der Waals surface area (Å²) in [4.78, 5) is 19.8. The smallest absolute Gasteiger partial charge is 0.231 e. The summed E-state index contributed by atoms with van der Waals surface area (Å²) in [7, 11) is -3.35. The van der Waals surface area contributed by atoms with E-state index in [4.69, 9.17) is 0 Å². The summed E-state index contributed by atoms with van der Waals surface area (Å²) < 4.78 is 24.4. The summed E-state index contributed by atoms with van der Waals surface area (Å²) in [6.07, 6.45) is 4.49. The molecule has 1 amide bonds. The maximum Gasteiger partial charge on any atom is 0.231 e. The molecule has 0 atom stereocenters. The van der Waals surface area contributed by atoms with E-state index < -0.39 is 10.0 Å². The van der Waals surface area contributed by atoms with Gasteiger partial charge in [-0.05, 0) is 11.6 Å². The third-order valence-corrected chi connectivity index (χ3v) is 3.88. The Morgan fingerprint density at radius 2 is 2.24 bits per heavy atom. The number of thiazole rings is 1. The van der Waals surface area contributed by atoms with E-state index in [9.17, 15) is 13.2 Å². The Balaban J connectivity index is 1.85. The van der Waals surface area contributed by atoms with Gasteiger partial charge < -0.3 is 5.32 Å². The third kappa shape index (κ3) is 5.48. The second-order valence-electron chi connectivity index (χ2n) is 4.33. The highest BCUT2D eigenvalue weighted by Crippen LogP contribution is 2.16. The predicted molar refractivity (Wildman–Crippen MR) is 80.4 cm³/mol. The summed E-state index contributed by atoms with van der Waals surface area (Å²) in [5.41, 5.74) is 1.43. The van der Waals surface area contributed by atoms with Crippen LogP contribution in [0.3, 0.4) is 0 Å². The van der Waals surface area contributed by atoms with Crippen molar-refractivity contribution in [1.82, 2.24) is 15.3 Å². The van der Waals surface area contributed by atoms with Gasteiger partial charge in [-0.2, -0.15) is 0 Å². The van der Waals surface area contributed by atoms with Crippen molar-refractivity contribution in [3.63, 3.8) is 0 Å². The van der Waals surface area contributed by atoms with Crippen LogP contribution in [-0.2, 0) is 27.8 Å². The lowest BCUT2D eigenvalue weighted by Crippen LogP contribution is -2.24. The molecule has 0 radical (unpaired) electrons. The Kier molecular flexibility index (Phi) is 4.86. The first-order valence-corrected chi connectivity index (χ1v) is 8.77.